The predicted octanol–water partition coefficient (Wildman–Crippen LogP) is 4.49. The lowest BCUT2D eigenvalue weighted by Gasteiger charge is -2.56. The van der Waals surface area contributed by atoms with Crippen molar-refractivity contribution >= 4 is 29.0 Å². The molecule has 2 bridgehead atoms. The quantitative estimate of drug-likeness (QED) is 0.388. The van der Waals surface area contributed by atoms with Gasteiger partial charge in [-0.2, -0.15) is 0 Å². The zero-order chi connectivity index (χ0) is 25.7. The van der Waals surface area contributed by atoms with Crippen LogP contribution in [0.1, 0.15) is 24.1 Å². The summed E-state index contributed by atoms with van der Waals surface area (Å²) in [5, 5.41) is 0. The number of piperidine rings is 1. The number of ether oxygens (including phenoxy) is 1. The van der Waals surface area contributed by atoms with Crippen LogP contribution >= 0.6 is 0 Å². The van der Waals surface area contributed by atoms with Gasteiger partial charge in [0.2, 0.25) is 11.8 Å². The molecule has 6 heteroatoms. The lowest BCUT2D eigenvalue weighted by atomic mass is 9.60. The van der Waals surface area contributed by atoms with Gasteiger partial charge in [0.1, 0.15) is 6.04 Å². The number of carbonyl (C=O) groups is 3. The number of esters is 1. The van der Waals surface area contributed by atoms with E-state index in [0.717, 1.165) is 16.7 Å². The predicted molar refractivity (Wildman–Crippen MR) is 140 cm³/mol. The van der Waals surface area contributed by atoms with Crippen LogP contribution in [0.4, 0.5) is 5.69 Å². The molecule has 3 aromatic rings. The van der Waals surface area contributed by atoms with Crippen LogP contribution < -0.4 is 4.90 Å². The number of imide groups is 1. The minimum atomic E-state index is -0.606. The maximum atomic E-state index is 14.1. The molecule has 7 rings (SSSR count). The molecule has 0 aromatic heterocycles. The molecule has 186 valence electrons. The first-order valence-corrected chi connectivity index (χ1v) is 12.6. The molecule has 0 saturated carbocycles. The van der Waals surface area contributed by atoms with Gasteiger partial charge >= 0.3 is 5.97 Å². The molecule has 2 fully saturated rings. The monoisotopic (exact) mass is 492 g/mol. The Morgan fingerprint density at radius 1 is 0.784 bits per heavy atom. The van der Waals surface area contributed by atoms with E-state index in [-0.39, 0.29) is 29.7 Å². The standard InChI is InChI=1S/C31H28N2O4/c1-19(31(36)37-2)32-24-18-23(20-12-6-3-7-13-20)25(28(32)21-14-8-4-9-15-21)27-26(24)29(34)33(30(27)35)22-16-10-5-11-17-22/h3-19,24-28H,1-2H3. The second kappa shape index (κ2) is 9.12. The molecule has 37 heavy (non-hydrogen) atoms. The number of rotatable bonds is 5. The second-order valence-electron chi connectivity index (χ2n) is 9.91. The zero-order valence-electron chi connectivity index (χ0n) is 20.7. The van der Waals surface area contributed by atoms with Gasteiger partial charge in [0.15, 0.2) is 0 Å². The third kappa shape index (κ3) is 3.55. The first kappa shape index (κ1) is 23.4. The maximum Gasteiger partial charge on any atom is 0.322 e. The first-order chi connectivity index (χ1) is 18.0. The Bertz CT molecular complexity index is 1370. The van der Waals surface area contributed by atoms with E-state index in [1.54, 1.807) is 12.1 Å². The minimum Gasteiger partial charge on any atom is -0.468 e. The average Bonchev–Trinajstić information content (AvgIpc) is 3.24. The Labute approximate surface area is 216 Å². The largest absolute Gasteiger partial charge is 0.468 e. The lowest BCUT2D eigenvalue weighted by Crippen LogP contribution is -2.62. The fraction of sp³-hybridized carbons (Fsp3) is 0.258. The van der Waals surface area contributed by atoms with Crippen LogP contribution in [-0.4, -0.2) is 41.9 Å². The Morgan fingerprint density at radius 2 is 1.35 bits per heavy atom. The van der Waals surface area contributed by atoms with Crippen molar-refractivity contribution in [3.63, 3.8) is 0 Å². The fourth-order valence-electron chi connectivity index (χ4n) is 6.62. The van der Waals surface area contributed by atoms with E-state index in [1.165, 1.54) is 12.0 Å². The molecule has 0 radical (unpaired) electrons. The van der Waals surface area contributed by atoms with Crippen LogP contribution in [0.3, 0.4) is 0 Å². The number of carbonyl (C=O) groups excluding carboxylic acids is 3. The molecule has 2 saturated heterocycles. The normalized spacial score (nSPS) is 27.6. The molecule has 6 atom stereocenters. The van der Waals surface area contributed by atoms with Crippen LogP contribution in [0, 0.1) is 17.8 Å². The summed E-state index contributed by atoms with van der Waals surface area (Å²) in [5.74, 6) is -2.20. The van der Waals surface area contributed by atoms with Crippen molar-refractivity contribution < 1.29 is 19.1 Å². The molecule has 3 aliphatic heterocycles. The average molecular weight is 493 g/mol. The van der Waals surface area contributed by atoms with Gasteiger partial charge in [-0.3, -0.25) is 19.3 Å². The Morgan fingerprint density at radius 3 is 1.97 bits per heavy atom. The van der Waals surface area contributed by atoms with E-state index in [1.807, 2.05) is 85.8 Å². The van der Waals surface area contributed by atoms with E-state index in [4.69, 9.17) is 4.74 Å². The number of para-hydroxylation sites is 1. The zero-order valence-corrected chi connectivity index (χ0v) is 20.7. The van der Waals surface area contributed by atoms with Crippen LogP contribution in [0.25, 0.3) is 5.57 Å². The van der Waals surface area contributed by atoms with Gasteiger partial charge in [-0.25, -0.2) is 4.90 Å². The van der Waals surface area contributed by atoms with Gasteiger partial charge in [0.05, 0.1) is 24.6 Å². The van der Waals surface area contributed by atoms with Gasteiger partial charge in [-0.1, -0.05) is 84.9 Å². The van der Waals surface area contributed by atoms with Gasteiger partial charge in [0, 0.05) is 18.0 Å². The van der Waals surface area contributed by atoms with E-state index in [2.05, 4.69) is 11.0 Å². The van der Waals surface area contributed by atoms with Crippen molar-refractivity contribution in [3.8, 4) is 0 Å². The number of amides is 2. The van der Waals surface area contributed by atoms with Crippen molar-refractivity contribution in [2.45, 2.75) is 25.0 Å². The van der Waals surface area contributed by atoms with Crippen molar-refractivity contribution in [2.75, 3.05) is 12.0 Å². The topological polar surface area (TPSA) is 66.9 Å². The van der Waals surface area contributed by atoms with E-state index in [9.17, 15) is 14.4 Å². The van der Waals surface area contributed by atoms with Gasteiger partial charge in [-0.15, -0.1) is 0 Å². The number of methoxy groups -OCH3 is 1. The molecule has 3 heterocycles. The number of anilines is 1. The fourth-order valence-corrected chi connectivity index (χ4v) is 6.62. The molecular formula is C31H28N2O4. The van der Waals surface area contributed by atoms with E-state index >= 15 is 0 Å². The highest BCUT2D eigenvalue weighted by Crippen LogP contribution is 2.59. The van der Waals surface area contributed by atoms with E-state index in [0.29, 0.717) is 5.69 Å². The van der Waals surface area contributed by atoms with Gasteiger partial charge < -0.3 is 4.74 Å². The molecular weight excluding hydrogens is 464 g/mol. The Hall–Kier alpha value is -4.03. The molecule has 0 spiro atoms. The first-order valence-electron chi connectivity index (χ1n) is 12.6. The minimum absolute atomic E-state index is 0.177. The molecule has 2 amide bonds. The summed E-state index contributed by atoms with van der Waals surface area (Å²) in [6.45, 7) is 1.82. The highest BCUT2D eigenvalue weighted by atomic mass is 16.5. The molecule has 3 aromatic carbocycles. The number of hydrogen-bond donors (Lipinski definition) is 0. The van der Waals surface area contributed by atoms with Crippen molar-refractivity contribution in [2.24, 2.45) is 17.8 Å². The highest BCUT2D eigenvalue weighted by Gasteiger charge is 2.65. The van der Waals surface area contributed by atoms with Crippen molar-refractivity contribution in [1.82, 2.24) is 4.90 Å². The summed E-state index contributed by atoms with van der Waals surface area (Å²) < 4.78 is 5.15. The highest BCUT2D eigenvalue weighted by molar-refractivity contribution is 6.23. The summed E-state index contributed by atoms with van der Waals surface area (Å²) in [6, 6.07) is 27.8. The third-order valence-corrected chi connectivity index (χ3v) is 8.12. The Balaban J connectivity index is 1.57. The number of hydrogen-bond acceptors (Lipinski definition) is 5. The molecule has 1 aliphatic carbocycles. The third-order valence-electron chi connectivity index (χ3n) is 8.12. The van der Waals surface area contributed by atoms with Crippen LogP contribution in [-0.2, 0) is 19.1 Å². The number of fused-ring (bicyclic) bond motifs is 1. The number of nitrogens with zero attached hydrogens (tertiary/aromatic N) is 2. The lowest BCUT2D eigenvalue weighted by molar-refractivity contribution is -0.154. The van der Waals surface area contributed by atoms with Gasteiger partial charge in [-0.05, 0) is 35.8 Å². The number of benzene rings is 3. The smallest absolute Gasteiger partial charge is 0.322 e. The molecule has 6 nitrogen and oxygen atoms in total. The molecule has 0 N–H and O–H groups in total. The molecule has 6 unspecified atom stereocenters. The van der Waals surface area contributed by atoms with Crippen LogP contribution in [0.2, 0.25) is 0 Å². The summed E-state index contributed by atoms with van der Waals surface area (Å²) in [5.41, 5.74) is 3.66. The summed E-state index contributed by atoms with van der Waals surface area (Å²) in [4.78, 5) is 44.4. The second-order valence-corrected chi connectivity index (χ2v) is 9.91. The summed E-state index contributed by atoms with van der Waals surface area (Å²) in [6.07, 6.45) is 2.11. The Kier molecular flexibility index (Phi) is 5.76. The van der Waals surface area contributed by atoms with Gasteiger partial charge in [0.25, 0.3) is 0 Å². The maximum absolute atomic E-state index is 14.1. The SMILES string of the molecule is COC(=O)C(C)N1C2C=C(c3ccccc3)C(C3C(=O)N(c4ccccc4)C(=O)C32)C1c1ccccc1. The molecule has 4 aliphatic rings. The van der Waals surface area contributed by atoms with Crippen LogP contribution in [0.5, 0.6) is 0 Å². The summed E-state index contributed by atoms with van der Waals surface area (Å²) >= 11 is 0. The summed E-state index contributed by atoms with van der Waals surface area (Å²) in [7, 11) is 1.38. The van der Waals surface area contributed by atoms with Crippen molar-refractivity contribution in [1.29, 1.82) is 0 Å². The van der Waals surface area contributed by atoms with E-state index < -0.39 is 23.9 Å². The van der Waals surface area contributed by atoms with Crippen molar-refractivity contribution in [3.05, 3.63) is 108 Å². The van der Waals surface area contributed by atoms with Crippen LogP contribution in [0.15, 0.2) is 97.1 Å².